The van der Waals surface area contributed by atoms with Gasteiger partial charge in [0.2, 0.25) is 0 Å². The van der Waals surface area contributed by atoms with E-state index in [0.717, 1.165) is 13.1 Å². The molecule has 100 valence electrons. The SMILES string of the molecule is CC(OCCNCc1cccnc1)c1ccccc1. The normalized spacial score (nSPS) is 12.3. The molecule has 3 heteroatoms. The molecule has 1 aromatic carbocycles. The van der Waals surface area contributed by atoms with Crippen molar-refractivity contribution in [3.8, 4) is 0 Å². The third-order valence-corrected chi connectivity index (χ3v) is 2.97. The molecular weight excluding hydrogens is 236 g/mol. The maximum Gasteiger partial charge on any atom is 0.0797 e. The van der Waals surface area contributed by atoms with Crippen LogP contribution in [0.4, 0.5) is 0 Å². The minimum Gasteiger partial charge on any atom is -0.373 e. The second-order valence-corrected chi connectivity index (χ2v) is 4.46. The molecule has 2 rings (SSSR count). The van der Waals surface area contributed by atoms with Crippen LogP contribution in [0.15, 0.2) is 54.9 Å². The third kappa shape index (κ3) is 4.81. The molecular formula is C16H20N2O. The van der Waals surface area contributed by atoms with Crippen LogP contribution in [0.25, 0.3) is 0 Å². The number of aromatic nitrogens is 1. The lowest BCUT2D eigenvalue weighted by Crippen LogP contribution is -2.20. The van der Waals surface area contributed by atoms with Crippen LogP contribution in [0.2, 0.25) is 0 Å². The fourth-order valence-corrected chi connectivity index (χ4v) is 1.86. The zero-order chi connectivity index (χ0) is 13.3. The van der Waals surface area contributed by atoms with Crippen molar-refractivity contribution in [1.82, 2.24) is 10.3 Å². The van der Waals surface area contributed by atoms with Crippen LogP contribution in [0, 0.1) is 0 Å². The fraction of sp³-hybridized carbons (Fsp3) is 0.312. The summed E-state index contributed by atoms with van der Waals surface area (Å²) in [6.07, 6.45) is 3.80. The first-order valence-electron chi connectivity index (χ1n) is 6.62. The Bertz CT molecular complexity index is 459. The lowest BCUT2D eigenvalue weighted by atomic mass is 10.1. The molecule has 3 nitrogen and oxygen atoms in total. The first-order chi connectivity index (χ1) is 9.36. The van der Waals surface area contributed by atoms with Crippen LogP contribution in [-0.2, 0) is 11.3 Å². The molecule has 0 saturated heterocycles. The molecule has 0 fully saturated rings. The van der Waals surface area contributed by atoms with Gasteiger partial charge in [-0.1, -0.05) is 36.4 Å². The summed E-state index contributed by atoms with van der Waals surface area (Å²) in [5.41, 5.74) is 2.41. The number of rotatable bonds is 7. The molecule has 1 aromatic heterocycles. The van der Waals surface area contributed by atoms with Crippen molar-refractivity contribution in [2.24, 2.45) is 0 Å². The molecule has 0 spiro atoms. The first-order valence-corrected chi connectivity index (χ1v) is 6.62. The van der Waals surface area contributed by atoms with Gasteiger partial charge < -0.3 is 10.1 Å². The van der Waals surface area contributed by atoms with Crippen LogP contribution in [-0.4, -0.2) is 18.1 Å². The van der Waals surface area contributed by atoms with E-state index in [1.54, 1.807) is 6.20 Å². The molecule has 1 heterocycles. The summed E-state index contributed by atoms with van der Waals surface area (Å²) >= 11 is 0. The number of nitrogens with zero attached hydrogens (tertiary/aromatic N) is 1. The van der Waals surface area contributed by atoms with E-state index < -0.39 is 0 Å². The van der Waals surface area contributed by atoms with Crippen molar-refractivity contribution in [3.05, 3.63) is 66.0 Å². The van der Waals surface area contributed by atoms with Crippen LogP contribution < -0.4 is 5.32 Å². The minimum atomic E-state index is 0.140. The Morgan fingerprint density at radius 2 is 2.00 bits per heavy atom. The molecule has 1 N–H and O–H groups in total. The molecule has 0 aliphatic rings. The fourth-order valence-electron chi connectivity index (χ4n) is 1.86. The maximum atomic E-state index is 5.79. The van der Waals surface area contributed by atoms with Gasteiger partial charge in [0, 0.05) is 25.5 Å². The Labute approximate surface area is 114 Å². The van der Waals surface area contributed by atoms with E-state index in [2.05, 4.69) is 35.4 Å². The summed E-state index contributed by atoms with van der Waals surface area (Å²) < 4.78 is 5.79. The lowest BCUT2D eigenvalue weighted by Gasteiger charge is -2.13. The van der Waals surface area contributed by atoms with E-state index >= 15 is 0 Å². The largest absolute Gasteiger partial charge is 0.373 e. The van der Waals surface area contributed by atoms with E-state index in [9.17, 15) is 0 Å². The molecule has 0 bridgehead atoms. The summed E-state index contributed by atoms with van der Waals surface area (Å²) in [5, 5.41) is 3.34. The van der Waals surface area contributed by atoms with Gasteiger partial charge in [-0.15, -0.1) is 0 Å². The Morgan fingerprint density at radius 3 is 2.74 bits per heavy atom. The van der Waals surface area contributed by atoms with E-state index in [-0.39, 0.29) is 6.10 Å². The smallest absolute Gasteiger partial charge is 0.0797 e. The van der Waals surface area contributed by atoms with Crippen molar-refractivity contribution < 1.29 is 4.74 Å². The van der Waals surface area contributed by atoms with Crippen LogP contribution in [0.3, 0.4) is 0 Å². The highest BCUT2D eigenvalue weighted by Gasteiger charge is 2.03. The average molecular weight is 256 g/mol. The molecule has 0 radical (unpaired) electrons. The summed E-state index contributed by atoms with van der Waals surface area (Å²) in [4.78, 5) is 4.08. The van der Waals surface area contributed by atoms with Gasteiger partial charge in [0.15, 0.2) is 0 Å². The monoisotopic (exact) mass is 256 g/mol. The van der Waals surface area contributed by atoms with Crippen molar-refractivity contribution in [2.75, 3.05) is 13.2 Å². The predicted octanol–water partition coefficient (Wildman–Crippen LogP) is 2.95. The van der Waals surface area contributed by atoms with E-state index in [1.165, 1.54) is 11.1 Å². The van der Waals surface area contributed by atoms with Crippen molar-refractivity contribution in [1.29, 1.82) is 0 Å². The Kier molecular flexibility index (Phi) is 5.53. The minimum absolute atomic E-state index is 0.140. The van der Waals surface area contributed by atoms with Gasteiger partial charge >= 0.3 is 0 Å². The third-order valence-electron chi connectivity index (χ3n) is 2.97. The molecule has 0 aliphatic heterocycles. The summed E-state index contributed by atoms with van der Waals surface area (Å²) in [6, 6.07) is 14.3. The highest BCUT2D eigenvalue weighted by molar-refractivity contribution is 5.16. The quantitative estimate of drug-likeness (QED) is 0.773. The van der Waals surface area contributed by atoms with Gasteiger partial charge in [-0.05, 0) is 24.1 Å². The van der Waals surface area contributed by atoms with Gasteiger partial charge in [-0.2, -0.15) is 0 Å². The van der Waals surface area contributed by atoms with Gasteiger partial charge in [0.05, 0.1) is 12.7 Å². The lowest BCUT2D eigenvalue weighted by molar-refractivity contribution is 0.0676. The Hall–Kier alpha value is -1.71. The molecule has 0 aliphatic carbocycles. The zero-order valence-corrected chi connectivity index (χ0v) is 11.3. The van der Waals surface area contributed by atoms with Gasteiger partial charge in [0.25, 0.3) is 0 Å². The standard InChI is InChI=1S/C16H20N2O/c1-14(16-7-3-2-4-8-16)19-11-10-18-13-15-6-5-9-17-12-15/h2-9,12,14,18H,10-11,13H2,1H3. The average Bonchev–Trinajstić information content (AvgIpc) is 2.49. The Balaban J connectivity index is 1.62. The second kappa shape index (κ2) is 7.67. The maximum absolute atomic E-state index is 5.79. The van der Waals surface area contributed by atoms with E-state index in [0.29, 0.717) is 6.61 Å². The summed E-state index contributed by atoms with van der Waals surface area (Å²) in [7, 11) is 0. The molecule has 2 aromatic rings. The van der Waals surface area contributed by atoms with E-state index in [1.807, 2.05) is 30.5 Å². The van der Waals surface area contributed by atoms with E-state index in [4.69, 9.17) is 4.74 Å². The van der Waals surface area contributed by atoms with Gasteiger partial charge in [-0.3, -0.25) is 4.98 Å². The molecule has 1 unspecified atom stereocenters. The highest BCUT2D eigenvalue weighted by Crippen LogP contribution is 2.15. The highest BCUT2D eigenvalue weighted by atomic mass is 16.5. The first kappa shape index (κ1) is 13.7. The van der Waals surface area contributed by atoms with Crippen LogP contribution in [0.1, 0.15) is 24.2 Å². The number of ether oxygens (including phenoxy) is 1. The molecule has 1 atom stereocenters. The number of nitrogens with one attached hydrogen (secondary N) is 1. The van der Waals surface area contributed by atoms with Gasteiger partial charge in [0.1, 0.15) is 0 Å². The van der Waals surface area contributed by atoms with Crippen LogP contribution in [0.5, 0.6) is 0 Å². The number of benzene rings is 1. The summed E-state index contributed by atoms with van der Waals surface area (Å²) in [5.74, 6) is 0. The van der Waals surface area contributed by atoms with Crippen molar-refractivity contribution >= 4 is 0 Å². The zero-order valence-electron chi connectivity index (χ0n) is 11.3. The molecule has 19 heavy (non-hydrogen) atoms. The van der Waals surface area contributed by atoms with Crippen molar-refractivity contribution in [3.63, 3.8) is 0 Å². The number of pyridine rings is 1. The number of hydrogen-bond acceptors (Lipinski definition) is 3. The second-order valence-electron chi connectivity index (χ2n) is 4.46. The van der Waals surface area contributed by atoms with Crippen molar-refractivity contribution in [2.45, 2.75) is 19.6 Å². The number of hydrogen-bond donors (Lipinski definition) is 1. The topological polar surface area (TPSA) is 34.1 Å². The Morgan fingerprint density at radius 1 is 1.16 bits per heavy atom. The summed E-state index contributed by atoms with van der Waals surface area (Å²) in [6.45, 7) is 4.45. The predicted molar refractivity (Wildman–Crippen MR) is 76.8 cm³/mol. The molecule has 0 saturated carbocycles. The van der Waals surface area contributed by atoms with Gasteiger partial charge in [-0.25, -0.2) is 0 Å². The van der Waals surface area contributed by atoms with Crippen LogP contribution >= 0.6 is 0 Å². The molecule has 0 amide bonds.